The van der Waals surface area contributed by atoms with Crippen molar-refractivity contribution in [3.8, 4) is 0 Å². The maximum absolute atomic E-state index is 13.4. The van der Waals surface area contributed by atoms with Crippen molar-refractivity contribution in [3.05, 3.63) is 70.8 Å². The van der Waals surface area contributed by atoms with Gasteiger partial charge in [0.15, 0.2) is 0 Å². The number of amides is 2. The highest BCUT2D eigenvalue weighted by Crippen LogP contribution is 2.60. The summed E-state index contributed by atoms with van der Waals surface area (Å²) in [5.74, 6) is -0.390. The third-order valence-electron chi connectivity index (χ3n) is 7.23. The molecule has 6 rings (SSSR count). The molecule has 1 aliphatic heterocycles. The molecule has 1 saturated heterocycles. The van der Waals surface area contributed by atoms with Gasteiger partial charge >= 0.3 is 0 Å². The monoisotopic (exact) mass is 375 g/mol. The minimum absolute atomic E-state index is 0.00431. The number of rotatable bonds is 5. The molecule has 2 aromatic rings. The first-order chi connectivity index (χ1) is 13.7. The van der Waals surface area contributed by atoms with Gasteiger partial charge in [-0.3, -0.25) is 14.5 Å². The number of hydrogen-bond acceptors (Lipinski definition) is 2. The quantitative estimate of drug-likeness (QED) is 0.810. The molecule has 3 aliphatic carbocycles. The Morgan fingerprint density at radius 2 is 1.14 bits per heavy atom. The van der Waals surface area contributed by atoms with Gasteiger partial charge in [0.25, 0.3) is 0 Å². The molecule has 4 heteroatoms. The summed E-state index contributed by atoms with van der Waals surface area (Å²) in [6, 6.07) is 16.8. The molecular formula is C24H27N2O2+. The van der Waals surface area contributed by atoms with Crippen LogP contribution in [0.25, 0.3) is 0 Å². The molecule has 1 heterocycles. The lowest BCUT2D eigenvalue weighted by Gasteiger charge is -2.45. The van der Waals surface area contributed by atoms with Crippen LogP contribution in [0.1, 0.15) is 47.9 Å². The Morgan fingerprint density at radius 3 is 1.50 bits per heavy atom. The summed E-state index contributed by atoms with van der Waals surface area (Å²) < 4.78 is 0. The van der Waals surface area contributed by atoms with E-state index in [0.717, 1.165) is 19.6 Å². The van der Waals surface area contributed by atoms with Gasteiger partial charge in [-0.2, -0.15) is 0 Å². The fourth-order valence-corrected chi connectivity index (χ4v) is 5.83. The molecule has 2 amide bonds. The zero-order valence-corrected chi connectivity index (χ0v) is 16.5. The molecule has 4 nitrogen and oxygen atoms in total. The smallest absolute Gasteiger partial charge is 0.234 e. The Balaban J connectivity index is 1.57. The summed E-state index contributed by atoms with van der Waals surface area (Å²) in [6.07, 6.45) is 0. The number of nitrogens with one attached hydrogen (secondary N) is 1. The largest absolute Gasteiger partial charge is 0.334 e. The van der Waals surface area contributed by atoms with Crippen molar-refractivity contribution in [2.75, 3.05) is 26.2 Å². The standard InChI is InChI=1S/C24H26N2O2/c1-3-25(4-2)13-14-26-23(27)21-19-15-9-5-6-10-16(15)20(22(21)24(26)28)18-12-8-7-11-17(18)19/h5-12,19-22H,3-4,13-14H2,1-2H3/p+1/t19?,20?,21-,22+. The first kappa shape index (κ1) is 17.6. The van der Waals surface area contributed by atoms with Gasteiger partial charge in [0.1, 0.15) is 0 Å². The topological polar surface area (TPSA) is 41.8 Å². The molecule has 0 spiro atoms. The Labute approximate surface area is 166 Å². The molecule has 0 unspecified atom stereocenters. The Morgan fingerprint density at radius 1 is 0.750 bits per heavy atom. The summed E-state index contributed by atoms with van der Waals surface area (Å²) >= 11 is 0. The molecule has 0 aromatic heterocycles. The van der Waals surface area contributed by atoms with Crippen molar-refractivity contribution in [1.29, 1.82) is 0 Å². The zero-order chi connectivity index (χ0) is 19.4. The number of benzene rings is 2. The van der Waals surface area contributed by atoms with Crippen LogP contribution in [-0.2, 0) is 9.59 Å². The van der Waals surface area contributed by atoms with E-state index in [1.807, 2.05) is 0 Å². The van der Waals surface area contributed by atoms with Crippen LogP contribution in [0.2, 0.25) is 0 Å². The van der Waals surface area contributed by atoms with Crippen molar-refractivity contribution in [3.63, 3.8) is 0 Å². The summed E-state index contributed by atoms with van der Waals surface area (Å²) in [4.78, 5) is 29.9. The maximum atomic E-state index is 13.4. The first-order valence-corrected chi connectivity index (χ1v) is 10.5. The van der Waals surface area contributed by atoms with E-state index in [1.165, 1.54) is 27.2 Å². The predicted molar refractivity (Wildman–Crippen MR) is 107 cm³/mol. The highest BCUT2D eigenvalue weighted by atomic mass is 16.2. The Kier molecular flexibility index (Phi) is 4.13. The second-order valence-electron chi connectivity index (χ2n) is 8.30. The van der Waals surface area contributed by atoms with Gasteiger partial charge in [0.2, 0.25) is 11.8 Å². The predicted octanol–water partition coefficient (Wildman–Crippen LogP) is 1.80. The molecule has 0 saturated carbocycles. The van der Waals surface area contributed by atoms with Crippen molar-refractivity contribution < 1.29 is 14.5 Å². The van der Waals surface area contributed by atoms with Crippen LogP contribution in [-0.4, -0.2) is 42.9 Å². The maximum Gasteiger partial charge on any atom is 0.234 e. The van der Waals surface area contributed by atoms with E-state index < -0.39 is 0 Å². The minimum atomic E-state index is -0.242. The number of carbonyl (C=O) groups excluding carboxylic acids is 2. The van der Waals surface area contributed by atoms with Crippen molar-refractivity contribution in [2.45, 2.75) is 25.7 Å². The summed E-state index contributed by atoms with van der Waals surface area (Å²) in [6.45, 7) is 7.70. The fourth-order valence-electron chi connectivity index (χ4n) is 5.83. The highest BCUT2D eigenvalue weighted by molar-refractivity contribution is 6.07. The Hall–Kier alpha value is -2.46. The Bertz CT molecular complexity index is 834. The first-order valence-electron chi connectivity index (χ1n) is 10.5. The van der Waals surface area contributed by atoms with Crippen LogP contribution in [0, 0.1) is 11.8 Å². The summed E-state index contributed by atoms with van der Waals surface area (Å²) in [7, 11) is 0. The molecule has 28 heavy (non-hydrogen) atoms. The van der Waals surface area contributed by atoms with Crippen LogP contribution in [0.3, 0.4) is 0 Å². The number of hydrogen-bond donors (Lipinski definition) is 1. The average molecular weight is 375 g/mol. The van der Waals surface area contributed by atoms with Crippen molar-refractivity contribution >= 4 is 11.8 Å². The van der Waals surface area contributed by atoms with E-state index in [4.69, 9.17) is 0 Å². The summed E-state index contributed by atoms with van der Waals surface area (Å²) in [5, 5.41) is 0. The van der Waals surface area contributed by atoms with Crippen LogP contribution in [0.15, 0.2) is 48.5 Å². The zero-order valence-electron chi connectivity index (χ0n) is 16.5. The molecule has 1 fully saturated rings. The van der Waals surface area contributed by atoms with Gasteiger partial charge in [-0.05, 0) is 36.1 Å². The average Bonchev–Trinajstić information content (AvgIpc) is 3.00. The highest BCUT2D eigenvalue weighted by Gasteiger charge is 2.61. The number of imide groups is 1. The fraction of sp³-hybridized carbons (Fsp3) is 0.417. The lowest BCUT2D eigenvalue weighted by molar-refractivity contribution is -0.895. The molecule has 4 aliphatic rings. The lowest BCUT2D eigenvalue weighted by atomic mass is 9.55. The van der Waals surface area contributed by atoms with E-state index >= 15 is 0 Å². The van der Waals surface area contributed by atoms with Gasteiger partial charge in [-0.15, -0.1) is 0 Å². The van der Waals surface area contributed by atoms with E-state index in [2.05, 4.69) is 62.4 Å². The van der Waals surface area contributed by atoms with Gasteiger partial charge in [-0.25, -0.2) is 0 Å². The number of likely N-dealkylation sites (tertiary alicyclic amines) is 1. The van der Waals surface area contributed by atoms with Gasteiger partial charge in [-0.1, -0.05) is 48.5 Å². The normalized spacial score (nSPS) is 27.2. The van der Waals surface area contributed by atoms with E-state index in [9.17, 15) is 9.59 Å². The van der Waals surface area contributed by atoms with Crippen LogP contribution >= 0.6 is 0 Å². The molecule has 2 bridgehead atoms. The summed E-state index contributed by atoms with van der Waals surface area (Å²) in [5.41, 5.74) is 4.96. The lowest BCUT2D eigenvalue weighted by Crippen LogP contribution is -3.12. The van der Waals surface area contributed by atoms with Crippen molar-refractivity contribution in [1.82, 2.24) is 4.90 Å². The molecular weight excluding hydrogens is 348 g/mol. The number of likely N-dealkylation sites (N-methyl/N-ethyl adjacent to an activating group) is 1. The molecule has 1 N–H and O–H groups in total. The second-order valence-corrected chi connectivity index (χ2v) is 8.30. The van der Waals surface area contributed by atoms with Gasteiger partial charge < -0.3 is 4.90 Å². The molecule has 0 radical (unpaired) electrons. The van der Waals surface area contributed by atoms with Gasteiger partial charge in [0.05, 0.1) is 38.0 Å². The molecule has 144 valence electrons. The third-order valence-corrected chi connectivity index (χ3v) is 7.23. The third kappa shape index (κ3) is 2.27. The van der Waals surface area contributed by atoms with E-state index in [1.54, 1.807) is 4.90 Å². The van der Waals surface area contributed by atoms with Crippen LogP contribution < -0.4 is 4.90 Å². The number of carbonyl (C=O) groups is 2. The van der Waals surface area contributed by atoms with Crippen LogP contribution in [0.5, 0.6) is 0 Å². The number of nitrogens with zero attached hydrogens (tertiary/aromatic N) is 1. The van der Waals surface area contributed by atoms with Crippen LogP contribution in [0.4, 0.5) is 0 Å². The molecule has 2 atom stereocenters. The van der Waals surface area contributed by atoms with Gasteiger partial charge in [0, 0.05) is 11.8 Å². The van der Waals surface area contributed by atoms with E-state index in [-0.39, 0.29) is 35.5 Å². The number of quaternary nitrogens is 1. The minimum Gasteiger partial charge on any atom is -0.334 e. The second kappa shape index (κ2) is 6.56. The van der Waals surface area contributed by atoms with Crippen molar-refractivity contribution in [2.24, 2.45) is 11.8 Å². The van der Waals surface area contributed by atoms with E-state index in [0.29, 0.717) is 6.54 Å². The molecule has 2 aromatic carbocycles. The SMILES string of the molecule is CC[NH+](CC)CCN1C(=O)[C@@H]2C3c4ccccc4C(c4ccccc43)[C@@H]2C1=O.